The molecule has 134 valence electrons. The number of rotatable bonds is 5. The van der Waals surface area contributed by atoms with Crippen molar-refractivity contribution in [3.63, 3.8) is 0 Å². The van der Waals surface area contributed by atoms with Crippen LogP contribution >= 0.6 is 0 Å². The number of nitrogens with one attached hydrogen (secondary N) is 2. The van der Waals surface area contributed by atoms with Crippen molar-refractivity contribution in [3.05, 3.63) is 12.2 Å². The highest BCUT2D eigenvalue weighted by Crippen LogP contribution is 2.25. The first kappa shape index (κ1) is 18.2. The maximum absolute atomic E-state index is 11.8. The molecule has 24 heavy (non-hydrogen) atoms. The molecule has 1 saturated heterocycles. The molecule has 1 atom stereocenters. The molecule has 0 bridgehead atoms. The van der Waals surface area contributed by atoms with Gasteiger partial charge in [0, 0.05) is 39.1 Å². The van der Waals surface area contributed by atoms with Gasteiger partial charge in [-0.3, -0.25) is 9.89 Å². The van der Waals surface area contributed by atoms with E-state index in [4.69, 9.17) is 0 Å². The summed E-state index contributed by atoms with van der Waals surface area (Å²) in [7, 11) is 3.50. The van der Waals surface area contributed by atoms with E-state index < -0.39 is 0 Å². The Morgan fingerprint density at radius 3 is 2.75 bits per heavy atom. The number of aliphatic imine (C=N–C) groups is 1. The zero-order chi connectivity index (χ0) is 17.5. The Balaban J connectivity index is 1.99. The van der Waals surface area contributed by atoms with Gasteiger partial charge in [-0.25, -0.2) is 9.98 Å². The molecule has 0 spiro atoms. The smallest absolute Gasteiger partial charge is 0.243 e. The molecule has 8 heteroatoms. The van der Waals surface area contributed by atoms with Gasteiger partial charge in [0.05, 0.1) is 0 Å². The van der Waals surface area contributed by atoms with Crippen LogP contribution in [0.15, 0.2) is 11.3 Å². The summed E-state index contributed by atoms with van der Waals surface area (Å²) in [5.74, 6) is 2.22. The van der Waals surface area contributed by atoms with Crippen molar-refractivity contribution in [1.29, 1.82) is 0 Å². The third-order valence-corrected chi connectivity index (χ3v) is 4.47. The Hall–Kier alpha value is -2.12. The van der Waals surface area contributed by atoms with Gasteiger partial charge in [-0.15, -0.1) is 0 Å². The van der Waals surface area contributed by atoms with Gasteiger partial charge in [-0.05, 0) is 26.2 Å². The third kappa shape index (κ3) is 4.94. The van der Waals surface area contributed by atoms with Crippen molar-refractivity contribution < 1.29 is 4.79 Å². The second-order valence-electron chi connectivity index (χ2n) is 6.51. The van der Waals surface area contributed by atoms with Crippen molar-refractivity contribution in [1.82, 2.24) is 30.3 Å². The first-order valence-electron chi connectivity index (χ1n) is 8.62. The van der Waals surface area contributed by atoms with Gasteiger partial charge < -0.3 is 15.1 Å². The third-order valence-electron chi connectivity index (χ3n) is 4.47. The molecular formula is C16H29N7O. The summed E-state index contributed by atoms with van der Waals surface area (Å²) in [6.07, 6.45) is 4.57. The molecule has 1 unspecified atom stereocenters. The summed E-state index contributed by atoms with van der Waals surface area (Å²) in [6, 6.07) is 0.324. The quantitative estimate of drug-likeness (QED) is 0.614. The van der Waals surface area contributed by atoms with E-state index in [2.05, 4.69) is 44.2 Å². The minimum absolute atomic E-state index is 0.00926. The lowest BCUT2D eigenvalue weighted by molar-refractivity contribution is -0.127. The summed E-state index contributed by atoms with van der Waals surface area (Å²) in [5, 5.41) is 10.4. The first-order valence-corrected chi connectivity index (χ1v) is 8.62. The average molecular weight is 335 g/mol. The summed E-state index contributed by atoms with van der Waals surface area (Å²) < 4.78 is 0. The molecule has 1 aliphatic heterocycles. The number of carbonyl (C=O) groups excluding carboxylic acids is 1. The molecular weight excluding hydrogens is 306 g/mol. The summed E-state index contributed by atoms with van der Waals surface area (Å²) in [5.41, 5.74) is 0. The molecule has 0 saturated carbocycles. The highest BCUT2D eigenvalue weighted by Gasteiger charge is 2.25. The van der Waals surface area contributed by atoms with E-state index in [1.54, 1.807) is 25.3 Å². The lowest BCUT2D eigenvalue weighted by atomic mass is 9.96. The second-order valence-corrected chi connectivity index (χ2v) is 6.51. The van der Waals surface area contributed by atoms with Crippen molar-refractivity contribution >= 4 is 11.9 Å². The van der Waals surface area contributed by atoms with Crippen molar-refractivity contribution in [3.8, 4) is 0 Å². The predicted octanol–water partition coefficient (Wildman–Crippen LogP) is 0.816. The van der Waals surface area contributed by atoms with E-state index in [0.29, 0.717) is 12.0 Å². The van der Waals surface area contributed by atoms with Crippen LogP contribution < -0.4 is 5.32 Å². The minimum atomic E-state index is 0.00926. The number of likely N-dealkylation sites (N-methyl/N-ethyl adjacent to an activating group) is 1. The number of hydrogen-bond donors (Lipinski definition) is 2. The Bertz CT molecular complexity index is 533. The average Bonchev–Trinajstić information content (AvgIpc) is 3.12. The fraction of sp³-hybridized carbons (Fsp3) is 0.750. The highest BCUT2D eigenvalue weighted by molar-refractivity contribution is 5.85. The molecule has 2 rings (SSSR count). The number of carbonyl (C=O) groups is 1. The molecule has 0 aliphatic carbocycles. The van der Waals surface area contributed by atoms with Crippen LogP contribution in [0, 0.1) is 0 Å². The number of aromatic nitrogens is 3. The molecule has 1 aromatic heterocycles. The van der Waals surface area contributed by atoms with Gasteiger partial charge in [0.25, 0.3) is 0 Å². The topological polar surface area (TPSA) is 89.5 Å². The predicted molar refractivity (Wildman–Crippen MR) is 93.8 cm³/mol. The Labute approximate surface area is 143 Å². The number of piperidine rings is 1. The molecule has 1 amide bonds. The lowest BCUT2D eigenvalue weighted by Crippen LogP contribution is -2.48. The molecule has 0 radical (unpaired) electrons. The number of hydrogen-bond acceptors (Lipinski definition) is 4. The maximum atomic E-state index is 11.8. The zero-order valence-electron chi connectivity index (χ0n) is 15.1. The largest absolute Gasteiger partial charge is 0.354 e. The molecule has 1 aromatic rings. The number of H-pyrrole nitrogens is 1. The van der Waals surface area contributed by atoms with Crippen LogP contribution in [0.4, 0.5) is 0 Å². The highest BCUT2D eigenvalue weighted by atomic mass is 16.2. The van der Waals surface area contributed by atoms with Gasteiger partial charge in [0.15, 0.2) is 5.96 Å². The molecule has 0 aromatic carbocycles. The van der Waals surface area contributed by atoms with E-state index >= 15 is 0 Å². The number of amides is 1. The van der Waals surface area contributed by atoms with Crippen LogP contribution in [-0.2, 0) is 4.79 Å². The van der Waals surface area contributed by atoms with Crippen LogP contribution in [0.3, 0.4) is 0 Å². The number of nitrogens with zero attached hydrogens (tertiary/aromatic N) is 5. The SMILES string of the molecule is CCC(C)NC(=NCC(=O)N(C)C)N1CCC(c2ncn[nH]2)CC1. The van der Waals surface area contributed by atoms with E-state index in [-0.39, 0.29) is 12.5 Å². The van der Waals surface area contributed by atoms with Crippen LogP contribution in [0.25, 0.3) is 0 Å². The second kappa shape index (κ2) is 8.65. The minimum Gasteiger partial charge on any atom is -0.354 e. The van der Waals surface area contributed by atoms with Gasteiger partial charge in [0.1, 0.15) is 18.7 Å². The van der Waals surface area contributed by atoms with Crippen molar-refractivity contribution in [2.45, 2.75) is 45.1 Å². The van der Waals surface area contributed by atoms with E-state index in [1.807, 2.05) is 0 Å². The number of likely N-dealkylation sites (tertiary alicyclic amines) is 1. The van der Waals surface area contributed by atoms with Crippen LogP contribution in [0.5, 0.6) is 0 Å². The fourth-order valence-corrected chi connectivity index (χ4v) is 2.62. The van der Waals surface area contributed by atoms with Crippen LogP contribution in [0.2, 0.25) is 0 Å². The summed E-state index contributed by atoms with van der Waals surface area (Å²) in [6.45, 7) is 6.22. The van der Waals surface area contributed by atoms with E-state index in [1.165, 1.54) is 0 Å². The molecule has 8 nitrogen and oxygen atoms in total. The molecule has 2 N–H and O–H groups in total. The number of guanidine groups is 1. The van der Waals surface area contributed by atoms with E-state index in [9.17, 15) is 4.79 Å². The maximum Gasteiger partial charge on any atom is 0.243 e. The summed E-state index contributed by atoms with van der Waals surface area (Å²) >= 11 is 0. The lowest BCUT2D eigenvalue weighted by Gasteiger charge is -2.34. The molecule has 2 heterocycles. The van der Waals surface area contributed by atoms with Gasteiger partial charge in [0.2, 0.25) is 5.91 Å². The Kier molecular flexibility index (Phi) is 6.57. The van der Waals surface area contributed by atoms with Gasteiger partial charge >= 0.3 is 0 Å². The van der Waals surface area contributed by atoms with Crippen LogP contribution in [-0.4, -0.2) is 76.6 Å². The van der Waals surface area contributed by atoms with Crippen molar-refractivity contribution in [2.75, 3.05) is 33.7 Å². The Morgan fingerprint density at radius 1 is 1.50 bits per heavy atom. The van der Waals surface area contributed by atoms with Gasteiger partial charge in [-0.2, -0.15) is 5.10 Å². The normalized spacial score (nSPS) is 17.7. The monoisotopic (exact) mass is 335 g/mol. The molecule has 1 fully saturated rings. The van der Waals surface area contributed by atoms with Gasteiger partial charge in [-0.1, -0.05) is 6.92 Å². The summed E-state index contributed by atoms with van der Waals surface area (Å²) in [4.78, 5) is 24.5. The standard InChI is InChI=1S/C16H29N7O/c1-5-12(2)20-16(17-10-14(24)22(3)4)23-8-6-13(7-9-23)15-18-11-19-21-15/h11-13H,5-10H2,1-4H3,(H,17,20)(H,18,19,21). The van der Waals surface area contributed by atoms with E-state index in [0.717, 1.165) is 44.1 Å². The zero-order valence-corrected chi connectivity index (χ0v) is 15.1. The molecule has 1 aliphatic rings. The number of aromatic amines is 1. The van der Waals surface area contributed by atoms with Crippen molar-refractivity contribution in [2.24, 2.45) is 4.99 Å². The fourth-order valence-electron chi connectivity index (χ4n) is 2.62. The Morgan fingerprint density at radius 2 is 2.21 bits per heavy atom. The van der Waals surface area contributed by atoms with Crippen LogP contribution in [0.1, 0.15) is 44.9 Å². The first-order chi connectivity index (χ1) is 11.5.